The van der Waals surface area contributed by atoms with Crippen molar-refractivity contribution in [1.29, 1.82) is 0 Å². The second-order valence-corrected chi connectivity index (χ2v) is 10.1. The first-order valence-corrected chi connectivity index (χ1v) is 12.6. The minimum absolute atomic E-state index is 0.0760. The van der Waals surface area contributed by atoms with Gasteiger partial charge in [-0.2, -0.15) is 9.40 Å². The van der Waals surface area contributed by atoms with Crippen LogP contribution in [0.15, 0.2) is 59.6 Å². The molecule has 0 fully saturated rings. The Bertz CT molecular complexity index is 1090. The minimum Gasteiger partial charge on any atom is -0.497 e. The summed E-state index contributed by atoms with van der Waals surface area (Å²) in [5.74, 6) is 1.45. The molecule has 0 amide bonds. The Kier molecular flexibility index (Phi) is 8.15. The van der Waals surface area contributed by atoms with Crippen molar-refractivity contribution in [2.24, 2.45) is 0 Å². The number of aryl methyl sites for hydroxylation is 1. The van der Waals surface area contributed by atoms with Crippen molar-refractivity contribution in [3.8, 4) is 11.5 Å². The smallest absolute Gasteiger partial charge is 0.262 e. The third kappa shape index (κ3) is 5.94. The number of ether oxygens (including phenoxy) is 2. The highest BCUT2D eigenvalue weighted by Gasteiger charge is 2.29. The number of hydrogen-bond donors (Lipinski definition) is 0. The van der Waals surface area contributed by atoms with Crippen LogP contribution in [0.5, 0.6) is 11.5 Å². The predicted octanol–water partition coefficient (Wildman–Crippen LogP) is 4.82. The Labute approximate surface area is 197 Å². The lowest BCUT2D eigenvalue weighted by Gasteiger charge is -2.22. The lowest BCUT2D eigenvalue weighted by atomic mass is 10.2. The van der Waals surface area contributed by atoms with Gasteiger partial charge in [0, 0.05) is 24.8 Å². The molecule has 0 bridgehead atoms. The molecule has 33 heavy (non-hydrogen) atoms. The highest BCUT2D eigenvalue weighted by molar-refractivity contribution is 7.89. The van der Waals surface area contributed by atoms with Crippen LogP contribution >= 0.6 is 0 Å². The first-order valence-electron chi connectivity index (χ1n) is 11.1. The molecule has 1 aromatic heterocycles. The number of aromatic nitrogens is 2. The van der Waals surface area contributed by atoms with E-state index in [-0.39, 0.29) is 24.2 Å². The SMILES string of the molecule is CCCc1cc(S(=O)(=O)N(Cc2ccc(OC)cc2)Cc2ccc(OC)cc2)nn1C(C)C. The van der Waals surface area contributed by atoms with Gasteiger partial charge in [-0.1, -0.05) is 37.6 Å². The quantitative estimate of drug-likeness (QED) is 0.401. The second kappa shape index (κ2) is 10.9. The highest BCUT2D eigenvalue weighted by Crippen LogP contribution is 2.25. The average molecular weight is 472 g/mol. The van der Waals surface area contributed by atoms with E-state index in [1.54, 1.807) is 20.3 Å². The largest absolute Gasteiger partial charge is 0.497 e. The van der Waals surface area contributed by atoms with Crippen LogP contribution in [-0.4, -0.2) is 36.7 Å². The van der Waals surface area contributed by atoms with Gasteiger partial charge in [-0.15, -0.1) is 0 Å². The van der Waals surface area contributed by atoms with Gasteiger partial charge < -0.3 is 9.47 Å². The van der Waals surface area contributed by atoms with Crippen molar-refractivity contribution >= 4 is 10.0 Å². The molecule has 178 valence electrons. The Hall–Kier alpha value is -2.84. The van der Waals surface area contributed by atoms with Gasteiger partial charge in [0.25, 0.3) is 10.0 Å². The zero-order chi connectivity index (χ0) is 24.0. The Morgan fingerprint density at radius 3 is 1.79 bits per heavy atom. The lowest BCUT2D eigenvalue weighted by Crippen LogP contribution is -2.30. The molecular weight excluding hydrogens is 438 g/mol. The Morgan fingerprint density at radius 1 is 0.909 bits per heavy atom. The predicted molar refractivity (Wildman–Crippen MR) is 129 cm³/mol. The van der Waals surface area contributed by atoms with Gasteiger partial charge in [0.2, 0.25) is 0 Å². The number of benzene rings is 2. The first-order chi connectivity index (χ1) is 15.8. The van der Waals surface area contributed by atoms with E-state index in [1.807, 2.05) is 67.1 Å². The summed E-state index contributed by atoms with van der Waals surface area (Å²) >= 11 is 0. The Balaban J connectivity index is 1.99. The van der Waals surface area contributed by atoms with Gasteiger partial charge in [0.1, 0.15) is 11.5 Å². The van der Waals surface area contributed by atoms with E-state index >= 15 is 0 Å². The first kappa shape index (κ1) is 24.8. The van der Waals surface area contributed by atoms with Crippen LogP contribution in [0.3, 0.4) is 0 Å². The van der Waals surface area contributed by atoms with E-state index in [4.69, 9.17) is 9.47 Å². The fraction of sp³-hybridized carbons (Fsp3) is 0.400. The molecule has 3 aromatic rings. The average Bonchev–Trinajstić information content (AvgIpc) is 3.25. The van der Waals surface area contributed by atoms with Gasteiger partial charge in [-0.05, 0) is 61.7 Å². The molecule has 1 heterocycles. The second-order valence-electron chi connectivity index (χ2n) is 8.23. The van der Waals surface area contributed by atoms with Crippen LogP contribution in [0.2, 0.25) is 0 Å². The molecule has 0 radical (unpaired) electrons. The van der Waals surface area contributed by atoms with Gasteiger partial charge in [0.05, 0.1) is 14.2 Å². The lowest BCUT2D eigenvalue weighted by molar-refractivity contribution is 0.394. The highest BCUT2D eigenvalue weighted by atomic mass is 32.2. The van der Waals surface area contributed by atoms with E-state index in [0.29, 0.717) is 0 Å². The van der Waals surface area contributed by atoms with Crippen molar-refractivity contribution in [3.05, 3.63) is 71.4 Å². The van der Waals surface area contributed by atoms with Crippen molar-refractivity contribution in [2.75, 3.05) is 14.2 Å². The Morgan fingerprint density at radius 2 is 1.39 bits per heavy atom. The number of nitrogens with zero attached hydrogens (tertiary/aromatic N) is 3. The third-order valence-corrected chi connectivity index (χ3v) is 7.09. The monoisotopic (exact) mass is 471 g/mol. The van der Waals surface area contributed by atoms with Crippen molar-refractivity contribution in [1.82, 2.24) is 14.1 Å². The van der Waals surface area contributed by atoms with Gasteiger partial charge >= 0.3 is 0 Å². The standard InChI is InChI=1S/C25H33N3O4S/c1-6-7-22-16-25(26-28(22)19(2)3)33(29,30)27(17-20-8-12-23(31-4)13-9-20)18-21-10-14-24(32-5)15-11-21/h8-16,19H,6-7,17-18H2,1-5H3. The topological polar surface area (TPSA) is 73.7 Å². The molecule has 2 aromatic carbocycles. The fourth-order valence-electron chi connectivity index (χ4n) is 3.65. The zero-order valence-electron chi connectivity index (χ0n) is 20.0. The maximum Gasteiger partial charge on any atom is 0.262 e. The number of hydrogen-bond acceptors (Lipinski definition) is 5. The summed E-state index contributed by atoms with van der Waals surface area (Å²) in [7, 11) is -0.632. The molecule has 0 aliphatic rings. The van der Waals surface area contributed by atoms with Crippen LogP contribution in [0.25, 0.3) is 0 Å². The van der Waals surface area contributed by atoms with Crippen molar-refractivity contribution in [3.63, 3.8) is 0 Å². The van der Waals surface area contributed by atoms with Crippen molar-refractivity contribution < 1.29 is 17.9 Å². The normalized spacial score (nSPS) is 11.8. The van der Waals surface area contributed by atoms with Gasteiger partial charge in [-0.3, -0.25) is 4.68 Å². The van der Waals surface area contributed by atoms with Crippen molar-refractivity contribution in [2.45, 2.75) is 57.8 Å². The summed E-state index contributed by atoms with van der Waals surface area (Å²) in [6.07, 6.45) is 1.69. The maximum atomic E-state index is 13.8. The summed E-state index contributed by atoms with van der Waals surface area (Å²) in [6, 6.07) is 16.6. The summed E-state index contributed by atoms with van der Waals surface area (Å²) in [5.41, 5.74) is 2.66. The van der Waals surface area contributed by atoms with Crippen LogP contribution in [0, 0.1) is 0 Å². The minimum atomic E-state index is -3.84. The maximum absolute atomic E-state index is 13.8. The molecular formula is C25H33N3O4S. The molecule has 0 N–H and O–H groups in total. The van der Waals surface area contributed by atoms with Crippen LogP contribution in [-0.2, 0) is 29.5 Å². The number of methoxy groups -OCH3 is 2. The van der Waals surface area contributed by atoms with Crippen LogP contribution in [0.1, 0.15) is 50.1 Å². The van der Waals surface area contributed by atoms with E-state index in [0.717, 1.165) is 41.2 Å². The molecule has 0 spiro atoms. The molecule has 0 aliphatic carbocycles. The van der Waals surface area contributed by atoms with E-state index in [9.17, 15) is 8.42 Å². The van der Waals surface area contributed by atoms with Crippen LogP contribution in [0.4, 0.5) is 0 Å². The molecule has 8 heteroatoms. The summed E-state index contributed by atoms with van der Waals surface area (Å²) < 4.78 is 41.3. The zero-order valence-corrected chi connectivity index (χ0v) is 20.8. The van der Waals surface area contributed by atoms with Crippen LogP contribution < -0.4 is 9.47 Å². The summed E-state index contributed by atoms with van der Waals surface area (Å²) in [4.78, 5) is 0. The van der Waals surface area contributed by atoms with Gasteiger partial charge in [0.15, 0.2) is 5.03 Å². The van der Waals surface area contributed by atoms with Gasteiger partial charge in [-0.25, -0.2) is 8.42 Å². The molecule has 0 unspecified atom stereocenters. The summed E-state index contributed by atoms with van der Waals surface area (Å²) in [6.45, 7) is 6.53. The summed E-state index contributed by atoms with van der Waals surface area (Å²) in [5, 5.41) is 4.59. The molecule has 7 nitrogen and oxygen atoms in total. The van der Waals surface area contributed by atoms with E-state index in [2.05, 4.69) is 12.0 Å². The molecule has 0 saturated carbocycles. The van der Waals surface area contributed by atoms with E-state index in [1.165, 1.54) is 4.31 Å². The fourth-order valence-corrected chi connectivity index (χ4v) is 5.03. The molecule has 0 aliphatic heterocycles. The number of rotatable bonds is 11. The molecule has 0 atom stereocenters. The molecule has 3 rings (SSSR count). The molecule has 0 saturated heterocycles. The third-order valence-electron chi connectivity index (χ3n) is 5.43. The van der Waals surface area contributed by atoms with E-state index < -0.39 is 10.0 Å². The number of sulfonamides is 1.